The van der Waals surface area contributed by atoms with Crippen molar-refractivity contribution in [2.75, 3.05) is 17.3 Å². The number of nitrogens with one attached hydrogen (secondary N) is 2. The Morgan fingerprint density at radius 3 is 2.73 bits per heavy atom. The van der Waals surface area contributed by atoms with Crippen LogP contribution in [0.4, 0.5) is 5.82 Å². The van der Waals surface area contributed by atoms with Gasteiger partial charge in [0.1, 0.15) is 15.7 Å². The van der Waals surface area contributed by atoms with Gasteiger partial charge in [-0.2, -0.15) is 5.10 Å². The zero-order chi connectivity index (χ0) is 11.5. The Hall–Kier alpha value is -1.37. The minimum absolute atomic E-state index is 0.0444. The van der Waals surface area contributed by atoms with Crippen molar-refractivity contribution in [3.63, 3.8) is 0 Å². The third kappa shape index (κ3) is 4.11. The van der Waals surface area contributed by atoms with Gasteiger partial charge in [0.15, 0.2) is 0 Å². The molecule has 0 aliphatic rings. The summed E-state index contributed by atoms with van der Waals surface area (Å²) in [5.41, 5.74) is 0.808. The van der Waals surface area contributed by atoms with E-state index >= 15 is 0 Å². The van der Waals surface area contributed by atoms with Gasteiger partial charge in [-0.1, -0.05) is 0 Å². The lowest BCUT2D eigenvalue weighted by Gasteiger charge is -2.02. The Labute approximate surface area is 88.0 Å². The summed E-state index contributed by atoms with van der Waals surface area (Å²) in [5, 5.41) is 8.87. The van der Waals surface area contributed by atoms with Crippen LogP contribution >= 0.6 is 0 Å². The first-order chi connectivity index (χ1) is 6.88. The SMILES string of the molecule is Cc1cn[nH]c1NC(=O)CCS(C)(=O)=O. The minimum Gasteiger partial charge on any atom is -0.311 e. The highest BCUT2D eigenvalue weighted by atomic mass is 32.2. The van der Waals surface area contributed by atoms with E-state index in [0.717, 1.165) is 11.8 Å². The molecule has 0 aromatic carbocycles. The van der Waals surface area contributed by atoms with Gasteiger partial charge in [0.2, 0.25) is 5.91 Å². The highest BCUT2D eigenvalue weighted by Gasteiger charge is 2.09. The maximum Gasteiger partial charge on any atom is 0.226 e. The van der Waals surface area contributed by atoms with Gasteiger partial charge < -0.3 is 5.32 Å². The average molecular weight is 231 g/mol. The van der Waals surface area contributed by atoms with E-state index < -0.39 is 9.84 Å². The maximum atomic E-state index is 11.3. The quantitative estimate of drug-likeness (QED) is 0.768. The third-order valence-electron chi connectivity index (χ3n) is 1.79. The van der Waals surface area contributed by atoms with Crippen molar-refractivity contribution >= 4 is 21.6 Å². The van der Waals surface area contributed by atoms with Gasteiger partial charge in [0.25, 0.3) is 0 Å². The van der Waals surface area contributed by atoms with Crippen LogP contribution in [0.25, 0.3) is 0 Å². The molecule has 6 nitrogen and oxygen atoms in total. The molecule has 0 bridgehead atoms. The summed E-state index contributed by atoms with van der Waals surface area (Å²) in [6.45, 7) is 1.79. The van der Waals surface area contributed by atoms with E-state index in [1.165, 1.54) is 0 Å². The van der Waals surface area contributed by atoms with Gasteiger partial charge in [-0.15, -0.1) is 0 Å². The standard InChI is InChI=1S/C8H13N3O3S/c1-6-5-9-11-8(6)10-7(12)3-4-15(2,13)14/h5H,3-4H2,1-2H3,(H2,9,10,11,12). The lowest BCUT2D eigenvalue weighted by atomic mass is 10.3. The number of nitrogens with zero attached hydrogens (tertiary/aromatic N) is 1. The molecule has 1 aromatic heterocycles. The molecule has 0 unspecified atom stereocenters. The smallest absolute Gasteiger partial charge is 0.226 e. The number of carbonyl (C=O) groups is 1. The Morgan fingerprint density at radius 2 is 2.27 bits per heavy atom. The second-order valence-corrected chi connectivity index (χ2v) is 5.62. The summed E-state index contributed by atoms with van der Waals surface area (Å²) in [6.07, 6.45) is 2.63. The second-order valence-electron chi connectivity index (χ2n) is 3.36. The number of aromatic nitrogens is 2. The zero-order valence-corrected chi connectivity index (χ0v) is 9.39. The number of hydrogen-bond donors (Lipinski definition) is 2. The average Bonchev–Trinajstić information content (AvgIpc) is 2.47. The van der Waals surface area contributed by atoms with Gasteiger partial charge in [0.05, 0.1) is 11.9 Å². The van der Waals surface area contributed by atoms with Crippen LogP contribution in [0, 0.1) is 6.92 Å². The molecule has 7 heteroatoms. The summed E-state index contributed by atoms with van der Waals surface area (Å²) < 4.78 is 21.6. The van der Waals surface area contributed by atoms with Crippen LogP contribution in [0.5, 0.6) is 0 Å². The Bertz CT molecular complexity index is 449. The zero-order valence-electron chi connectivity index (χ0n) is 8.57. The fourth-order valence-electron chi connectivity index (χ4n) is 0.953. The van der Waals surface area contributed by atoms with Crippen LogP contribution in [0.1, 0.15) is 12.0 Å². The van der Waals surface area contributed by atoms with Gasteiger partial charge in [-0.25, -0.2) is 8.42 Å². The first-order valence-corrected chi connectivity index (χ1v) is 6.42. The van der Waals surface area contributed by atoms with Crippen molar-refractivity contribution in [1.29, 1.82) is 0 Å². The predicted octanol–water partition coefficient (Wildman–Crippen LogP) is 0.0913. The Balaban J connectivity index is 2.48. The molecule has 1 aromatic rings. The second kappa shape index (κ2) is 4.43. The number of rotatable bonds is 4. The van der Waals surface area contributed by atoms with Gasteiger partial charge in [-0.3, -0.25) is 9.89 Å². The van der Waals surface area contributed by atoms with Crippen molar-refractivity contribution in [2.45, 2.75) is 13.3 Å². The van der Waals surface area contributed by atoms with Crippen LogP contribution in [-0.4, -0.2) is 36.5 Å². The summed E-state index contributed by atoms with van der Waals surface area (Å²) in [7, 11) is -3.09. The Morgan fingerprint density at radius 1 is 1.60 bits per heavy atom. The van der Waals surface area contributed by atoms with E-state index in [1.54, 1.807) is 13.1 Å². The van der Waals surface area contributed by atoms with Crippen LogP contribution < -0.4 is 5.32 Å². The first kappa shape index (κ1) is 11.7. The van der Waals surface area contributed by atoms with E-state index in [9.17, 15) is 13.2 Å². The maximum absolute atomic E-state index is 11.3. The number of carbonyl (C=O) groups excluding carboxylic acids is 1. The van der Waals surface area contributed by atoms with Crippen LogP contribution in [0.3, 0.4) is 0 Å². The first-order valence-electron chi connectivity index (χ1n) is 4.36. The van der Waals surface area contributed by atoms with Crippen molar-refractivity contribution in [2.24, 2.45) is 0 Å². The molecule has 0 fully saturated rings. The lowest BCUT2D eigenvalue weighted by Crippen LogP contribution is -2.17. The topological polar surface area (TPSA) is 91.9 Å². The fourth-order valence-corrected chi connectivity index (χ4v) is 1.51. The molecule has 1 amide bonds. The molecule has 1 rings (SSSR count). The number of amides is 1. The summed E-state index contributed by atoms with van der Waals surface area (Å²) in [6, 6.07) is 0. The molecular formula is C8H13N3O3S. The summed E-state index contributed by atoms with van der Waals surface area (Å²) in [4.78, 5) is 11.3. The number of sulfone groups is 1. The molecule has 0 saturated heterocycles. The van der Waals surface area contributed by atoms with E-state index in [4.69, 9.17) is 0 Å². The molecular weight excluding hydrogens is 218 g/mol. The number of hydrogen-bond acceptors (Lipinski definition) is 4. The van der Waals surface area contributed by atoms with Crippen molar-refractivity contribution in [3.05, 3.63) is 11.8 Å². The van der Waals surface area contributed by atoms with Crippen LogP contribution in [0.15, 0.2) is 6.20 Å². The predicted molar refractivity (Wildman–Crippen MR) is 56.3 cm³/mol. The molecule has 84 valence electrons. The van der Waals surface area contributed by atoms with Crippen LogP contribution in [0.2, 0.25) is 0 Å². The highest BCUT2D eigenvalue weighted by molar-refractivity contribution is 7.90. The molecule has 0 atom stereocenters. The number of H-pyrrole nitrogens is 1. The van der Waals surface area contributed by atoms with E-state index in [2.05, 4.69) is 15.5 Å². The normalized spacial score (nSPS) is 11.3. The third-order valence-corrected chi connectivity index (χ3v) is 2.74. The molecule has 0 saturated carbocycles. The summed E-state index contributed by atoms with van der Waals surface area (Å²) in [5.74, 6) is 0.0210. The minimum atomic E-state index is -3.09. The van der Waals surface area contributed by atoms with Gasteiger partial charge in [0, 0.05) is 18.2 Å². The van der Waals surface area contributed by atoms with Crippen LogP contribution in [-0.2, 0) is 14.6 Å². The van der Waals surface area contributed by atoms with E-state index in [-0.39, 0.29) is 18.1 Å². The van der Waals surface area contributed by atoms with Gasteiger partial charge >= 0.3 is 0 Å². The van der Waals surface area contributed by atoms with E-state index in [1.807, 2.05) is 0 Å². The summed E-state index contributed by atoms with van der Waals surface area (Å²) >= 11 is 0. The molecule has 0 aliphatic carbocycles. The van der Waals surface area contributed by atoms with Crippen molar-refractivity contribution in [3.8, 4) is 0 Å². The largest absolute Gasteiger partial charge is 0.311 e. The molecule has 0 spiro atoms. The molecule has 15 heavy (non-hydrogen) atoms. The monoisotopic (exact) mass is 231 g/mol. The molecule has 0 radical (unpaired) electrons. The van der Waals surface area contributed by atoms with Crippen molar-refractivity contribution < 1.29 is 13.2 Å². The Kier molecular flexibility index (Phi) is 3.46. The van der Waals surface area contributed by atoms with Gasteiger partial charge in [-0.05, 0) is 6.92 Å². The van der Waals surface area contributed by atoms with E-state index in [0.29, 0.717) is 5.82 Å². The number of aromatic amines is 1. The molecule has 1 heterocycles. The fraction of sp³-hybridized carbons (Fsp3) is 0.500. The lowest BCUT2D eigenvalue weighted by molar-refractivity contribution is -0.115. The van der Waals surface area contributed by atoms with Crippen molar-refractivity contribution in [1.82, 2.24) is 10.2 Å². The highest BCUT2D eigenvalue weighted by Crippen LogP contribution is 2.08. The molecule has 2 N–H and O–H groups in total. The molecule has 0 aliphatic heterocycles. The number of aryl methyl sites for hydroxylation is 1. The number of anilines is 1.